The molecule has 1 aliphatic rings. The van der Waals surface area contributed by atoms with Crippen molar-refractivity contribution < 1.29 is 24.2 Å². The van der Waals surface area contributed by atoms with Crippen molar-refractivity contribution in [2.75, 3.05) is 7.11 Å². The van der Waals surface area contributed by atoms with E-state index in [0.29, 0.717) is 18.3 Å². The van der Waals surface area contributed by atoms with Crippen LogP contribution in [0.5, 0.6) is 0 Å². The Morgan fingerprint density at radius 1 is 0.946 bits per heavy atom. The number of rotatable bonds is 10. The van der Waals surface area contributed by atoms with Crippen molar-refractivity contribution >= 4 is 39.0 Å². The van der Waals surface area contributed by atoms with Crippen LogP contribution >= 0.6 is 0 Å². The third-order valence-electron chi connectivity index (χ3n) is 6.10. The fourth-order valence-corrected chi connectivity index (χ4v) is 6.92. The van der Waals surface area contributed by atoms with Crippen molar-refractivity contribution in [3.63, 3.8) is 0 Å². The van der Waals surface area contributed by atoms with Gasteiger partial charge < -0.3 is 4.74 Å². The molecule has 0 bridgehead atoms. The van der Waals surface area contributed by atoms with Gasteiger partial charge in [0.1, 0.15) is 0 Å². The van der Waals surface area contributed by atoms with Crippen molar-refractivity contribution in [2.24, 2.45) is 5.41 Å². The van der Waals surface area contributed by atoms with E-state index >= 15 is 0 Å². The van der Waals surface area contributed by atoms with Crippen LogP contribution in [-0.2, 0) is 31.0 Å². The molecule has 1 N–H and O–H groups in total. The van der Waals surface area contributed by atoms with Crippen LogP contribution in [0.15, 0.2) is 96.6 Å². The summed E-state index contributed by atoms with van der Waals surface area (Å²) in [5.41, 5.74) is 3.81. The first-order valence-electron chi connectivity index (χ1n) is 11.9. The maximum Gasteiger partial charge on any atom is 0.292 e. The van der Waals surface area contributed by atoms with Crippen LogP contribution < -0.4 is 0 Å². The van der Waals surface area contributed by atoms with Crippen molar-refractivity contribution in [3.8, 4) is 0 Å². The number of carbonyl (C=O) groups excluding carboxylic acids is 2. The molecule has 4 rings (SSSR count). The number of carbonyl (C=O) groups is 3. The van der Waals surface area contributed by atoms with Crippen LogP contribution in [0.2, 0.25) is 5.32 Å². The van der Waals surface area contributed by atoms with Gasteiger partial charge in [-0.1, -0.05) is 0 Å². The Morgan fingerprint density at radius 2 is 1.46 bits per heavy atom. The Balaban J connectivity index is 0.000000886. The minimum absolute atomic E-state index is 0.00334. The van der Waals surface area contributed by atoms with Crippen LogP contribution in [-0.4, -0.2) is 50.4 Å². The van der Waals surface area contributed by atoms with Gasteiger partial charge >= 0.3 is 201 Å². The van der Waals surface area contributed by atoms with Gasteiger partial charge in [0.05, 0.1) is 7.11 Å². The largest absolute Gasteiger partial charge is 0.471 e. The minimum atomic E-state index is -0.908. The zero-order chi connectivity index (χ0) is 26.7. The second-order valence-corrected chi connectivity index (χ2v) is 10.9. The zero-order valence-electron chi connectivity index (χ0n) is 21.0. The molecular weight excluding hydrogens is 533 g/mol. The number of carboxylic acids is 1. The second kappa shape index (κ2) is 13.6. The summed E-state index contributed by atoms with van der Waals surface area (Å²) in [6.07, 6.45) is -0.140. The molecule has 0 saturated carbocycles. The molecule has 1 unspecified atom stereocenters. The van der Waals surface area contributed by atoms with Gasteiger partial charge in [-0.15, -0.1) is 0 Å². The predicted molar refractivity (Wildman–Crippen MR) is 144 cm³/mol. The SMILES string of the molecule is CC1(C[Se]Cc2ccccc2)C(=O)N(Cc2ccccc2)C(c2ccccc2)=C1CC(=O)O.COC=O. The normalized spacial score (nSPS) is 16.7. The van der Waals surface area contributed by atoms with E-state index in [4.69, 9.17) is 4.79 Å². The molecule has 1 heterocycles. The standard InChI is InChI=1S/C28H27NO3Se.C2H4O2/c1-28(20-33-19-22-13-7-3-8-14-22)24(17-25(30)31)26(23-15-9-4-10-16-23)29(27(28)32)18-21-11-5-2-6-12-21;1-4-2-3/h2-16H,17-20H2,1H3,(H,30,31);2H,1H3. The summed E-state index contributed by atoms with van der Waals surface area (Å²) in [5.74, 6) is -0.911. The molecule has 1 atom stereocenters. The monoisotopic (exact) mass is 565 g/mol. The molecule has 37 heavy (non-hydrogen) atoms. The van der Waals surface area contributed by atoms with Gasteiger partial charge in [0, 0.05) is 0 Å². The molecule has 0 aromatic heterocycles. The van der Waals surface area contributed by atoms with Crippen molar-refractivity contribution in [1.82, 2.24) is 4.90 Å². The quantitative estimate of drug-likeness (QED) is 0.276. The Labute approximate surface area is 224 Å². The molecule has 0 saturated heterocycles. The number of nitrogens with zero attached hydrogens (tertiary/aromatic N) is 1. The van der Waals surface area contributed by atoms with E-state index in [9.17, 15) is 14.7 Å². The molecule has 0 radical (unpaired) electrons. The number of benzene rings is 3. The maximum atomic E-state index is 14.0. The first-order valence-corrected chi connectivity index (χ1v) is 14.3. The molecule has 0 spiro atoms. The van der Waals surface area contributed by atoms with Crippen LogP contribution in [0, 0.1) is 5.41 Å². The number of ether oxygens (including phenoxy) is 1. The number of aliphatic carboxylic acids is 1. The average Bonchev–Trinajstić information content (AvgIpc) is 3.11. The molecule has 7 heteroatoms. The summed E-state index contributed by atoms with van der Waals surface area (Å²) in [7, 11) is 1.31. The van der Waals surface area contributed by atoms with Crippen LogP contribution in [0.1, 0.15) is 30.0 Å². The molecule has 0 fully saturated rings. The summed E-state index contributed by atoms with van der Waals surface area (Å²) < 4.78 is 3.86. The Morgan fingerprint density at radius 3 is 1.97 bits per heavy atom. The average molecular weight is 565 g/mol. The van der Waals surface area contributed by atoms with E-state index in [0.717, 1.165) is 27.7 Å². The van der Waals surface area contributed by atoms with Crippen molar-refractivity contribution in [1.29, 1.82) is 0 Å². The molecule has 6 nitrogen and oxygen atoms in total. The third kappa shape index (κ3) is 7.19. The number of methoxy groups -OCH3 is 1. The van der Waals surface area contributed by atoms with E-state index < -0.39 is 11.4 Å². The number of hydrogen-bond donors (Lipinski definition) is 1. The molecule has 0 aliphatic carbocycles. The maximum absolute atomic E-state index is 14.0. The Kier molecular flexibility index (Phi) is 10.2. The van der Waals surface area contributed by atoms with E-state index in [1.165, 1.54) is 12.7 Å². The van der Waals surface area contributed by atoms with E-state index in [1.807, 2.05) is 90.7 Å². The van der Waals surface area contributed by atoms with Gasteiger partial charge in [-0.05, 0) is 0 Å². The van der Waals surface area contributed by atoms with E-state index in [-0.39, 0.29) is 27.3 Å². The summed E-state index contributed by atoms with van der Waals surface area (Å²) in [4.78, 5) is 36.6. The van der Waals surface area contributed by atoms with Crippen LogP contribution in [0.25, 0.3) is 5.70 Å². The van der Waals surface area contributed by atoms with Gasteiger partial charge in [0.2, 0.25) is 0 Å². The van der Waals surface area contributed by atoms with Gasteiger partial charge in [0.25, 0.3) is 6.47 Å². The summed E-state index contributed by atoms with van der Waals surface area (Å²) >= 11 is 0.153. The molecule has 1 aliphatic heterocycles. The number of hydrogen-bond acceptors (Lipinski definition) is 4. The fraction of sp³-hybridized carbons (Fsp3) is 0.233. The topological polar surface area (TPSA) is 83.9 Å². The molecule has 1 amide bonds. The summed E-state index contributed by atoms with van der Waals surface area (Å²) in [6, 6.07) is 29.9. The summed E-state index contributed by atoms with van der Waals surface area (Å²) in [6.45, 7) is 2.74. The number of carboxylic acid groups (broad SMARTS) is 1. The van der Waals surface area contributed by atoms with Crippen molar-refractivity contribution in [2.45, 2.75) is 30.5 Å². The van der Waals surface area contributed by atoms with E-state index in [1.54, 1.807) is 0 Å². The first kappa shape index (κ1) is 27.9. The molecule has 192 valence electrons. The Bertz CT molecular complexity index is 1210. The molecular formula is C30H31NO5Se. The smallest absolute Gasteiger partial charge is 0.292 e. The van der Waals surface area contributed by atoms with Crippen LogP contribution in [0.4, 0.5) is 0 Å². The predicted octanol–water partition coefficient (Wildman–Crippen LogP) is 5.03. The van der Waals surface area contributed by atoms with Gasteiger partial charge in [0.15, 0.2) is 0 Å². The molecule has 3 aromatic carbocycles. The Hall–Kier alpha value is -3.67. The van der Waals surface area contributed by atoms with Gasteiger partial charge in [-0.3, -0.25) is 4.79 Å². The van der Waals surface area contributed by atoms with E-state index in [2.05, 4.69) is 16.9 Å². The van der Waals surface area contributed by atoms with Gasteiger partial charge in [-0.25, -0.2) is 0 Å². The number of amides is 1. The molecule has 3 aromatic rings. The first-order chi connectivity index (χ1) is 17.9. The minimum Gasteiger partial charge on any atom is -0.471 e. The fourth-order valence-electron chi connectivity index (χ4n) is 4.32. The second-order valence-electron chi connectivity index (χ2n) is 8.78. The van der Waals surface area contributed by atoms with Crippen molar-refractivity contribution in [3.05, 3.63) is 113 Å². The third-order valence-corrected chi connectivity index (χ3v) is 8.86. The van der Waals surface area contributed by atoms with Crippen LogP contribution in [0.3, 0.4) is 0 Å². The summed E-state index contributed by atoms with van der Waals surface area (Å²) in [5, 5.41) is 11.4. The van der Waals surface area contributed by atoms with Gasteiger partial charge in [-0.2, -0.15) is 0 Å². The zero-order valence-corrected chi connectivity index (χ0v) is 22.7.